The lowest BCUT2D eigenvalue weighted by Crippen LogP contribution is -2.63. The minimum atomic E-state index is 0.0816. The van der Waals surface area contributed by atoms with Crippen LogP contribution in [0.15, 0.2) is 12.1 Å². The molecule has 0 aromatic carbocycles. The van der Waals surface area contributed by atoms with E-state index in [0.29, 0.717) is 6.04 Å². The summed E-state index contributed by atoms with van der Waals surface area (Å²) in [4.78, 5) is 1.31. The van der Waals surface area contributed by atoms with Crippen molar-refractivity contribution in [2.75, 3.05) is 33.0 Å². The zero-order valence-electron chi connectivity index (χ0n) is 8.87. The second-order valence-electron chi connectivity index (χ2n) is 4.33. The first kappa shape index (κ1) is 11.0. The van der Waals surface area contributed by atoms with Crippen molar-refractivity contribution in [3.8, 4) is 0 Å². The van der Waals surface area contributed by atoms with Crippen LogP contribution in [0.5, 0.6) is 0 Å². The van der Waals surface area contributed by atoms with Crippen molar-refractivity contribution in [2.24, 2.45) is 0 Å². The van der Waals surface area contributed by atoms with E-state index in [1.165, 1.54) is 4.88 Å². The molecule has 0 amide bonds. The fourth-order valence-electron chi connectivity index (χ4n) is 2.34. The summed E-state index contributed by atoms with van der Waals surface area (Å²) in [5.41, 5.74) is 0.0816. The molecule has 1 atom stereocenters. The molecule has 3 rings (SSSR count). The van der Waals surface area contributed by atoms with Crippen molar-refractivity contribution in [2.45, 2.75) is 11.5 Å². The number of morpholine rings is 1. The summed E-state index contributed by atoms with van der Waals surface area (Å²) in [6.45, 7) is 4.03. The second-order valence-corrected chi connectivity index (χ2v) is 6.05. The third-order valence-electron chi connectivity index (χ3n) is 3.37. The van der Waals surface area contributed by atoms with E-state index in [-0.39, 0.29) is 5.41 Å². The van der Waals surface area contributed by atoms with Gasteiger partial charge in [-0.1, -0.05) is 11.6 Å². The van der Waals surface area contributed by atoms with Gasteiger partial charge in [0.2, 0.25) is 0 Å². The standard InChI is InChI=1S/C11H14ClNO2S/c12-10-2-1-9(16-10)11(6-15-7-11)8-5-14-4-3-13-8/h1-2,8,13H,3-7H2. The minimum Gasteiger partial charge on any atom is -0.379 e. The van der Waals surface area contributed by atoms with Gasteiger partial charge in [0, 0.05) is 17.5 Å². The van der Waals surface area contributed by atoms with Gasteiger partial charge in [-0.3, -0.25) is 0 Å². The van der Waals surface area contributed by atoms with E-state index in [1.807, 2.05) is 6.07 Å². The molecule has 5 heteroatoms. The molecule has 2 aliphatic heterocycles. The molecular formula is C11H14ClNO2S. The number of ether oxygens (including phenoxy) is 2. The van der Waals surface area contributed by atoms with Crippen LogP contribution in [0.25, 0.3) is 0 Å². The van der Waals surface area contributed by atoms with Gasteiger partial charge >= 0.3 is 0 Å². The van der Waals surface area contributed by atoms with Crippen molar-refractivity contribution in [3.63, 3.8) is 0 Å². The number of halogens is 1. The smallest absolute Gasteiger partial charge is 0.0931 e. The van der Waals surface area contributed by atoms with Crippen LogP contribution in [0.3, 0.4) is 0 Å². The van der Waals surface area contributed by atoms with Crippen LogP contribution in [0.1, 0.15) is 4.88 Å². The SMILES string of the molecule is Clc1ccc(C2(C3COCCN3)COC2)s1. The van der Waals surface area contributed by atoms with Crippen LogP contribution in [-0.2, 0) is 14.9 Å². The predicted octanol–water partition coefficient (Wildman–Crippen LogP) is 1.66. The molecule has 16 heavy (non-hydrogen) atoms. The van der Waals surface area contributed by atoms with Gasteiger partial charge in [0.25, 0.3) is 0 Å². The Hall–Kier alpha value is -0.130. The highest BCUT2D eigenvalue weighted by atomic mass is 35.5. The maximum Gasteiger partial charge on any atom is 0.0931 e. The predicted molar refractivity (Wildman–Crippen MR) is 64.4 cm³/mol. The van der Waals surface area contributed by atoms with Gasteiger partial charge in [-0.2, -0.15) is 0 Å². The number of nitrogens with one attached hydrogen (secondary N) is 1. The van der Waals surface area contributed by atoms with Crippen molar-refractivity contribution in [1.29, 1.82) is 0 Å². The van der Waals surface area contributed by atoms with E-state index in [9.17, 15) is 0 Å². The van der Waals surface area contributed by atoms with E-state index < -0.39 is 0 Å². The molecule has 1 aromatic rings. The van der Waals surface area contributed by atoms with Crippen molar-refractivity contribution < 1.29 is 9.47 Å². The van der Waals surface area contributed by atoms with Crippen LogP contribution in [-0.4, -0.2) is 39.0 Å². The first-order valence-electron chi connectivity index (χ1n) is 5.46. The Balaban J connectivity index is 1.87. The summed E-state index contributed by atoms with van der Waals surface area (Å²) < 4.78 is 11.8. The molecule has 3 nitrogen and oxygen atoms in total. The molecule has 2 fully saturated rings. The van der Waals surface area contributed by atoms with Crippen LogP contribution in [0, 0.1) is 0 Å². The molecule has 88 valence electrons. The molecule has 0 saturated carbocycles. The maximum absolute atomic E-state index is 6.01. The summed E-state index contributed by atoms with van der Waals surface area (Å²) in [6.07, 6.45) is 0. The molecule has 0 aliphatic carbocycles. The molecule has 0 spiro atoms. The largest absolute Gasteiger partial charge is 0.379 e. The lowest BCUT2D eigenvalue weighted by molar-refractivity contribution is -0.0990. The highest BCUT2D eigenvalue weighted by Crippen LogP contribution is 2.41. The van der Waals surface area contributed by atoms with Gasteiger partial charge in [0.15, 0.2) is 0 Å². The average Bonchev–Trinajstić information content (AvgIpc) is 2.65. The topological polar surface area (TPSA) is 30.5 Å². The Kier molecular flexibility index (Phi) is 2.94. The van der Waals surface area contributed by atoms with E-state index in [0.717, 1.165) is 37.3 Å². The van der Waals surface area contributed by atoms with Crippen LogP contribution in [0.4, 0.5) is 0 Å². The molecule has 1 aromatic heterocycles. The Labute approximate surface area is 104 Å². The summed E-state index contributed by atoms with van der Waals surface area (Å²) in [6, 6.07) is 4.43. The first-order valence-corrected chi connectivity index (χ1v) is 6.65. The molecule has 2 saturated heterocycles. The summed E-state index contributed by atoms with van der Waals surface area (Å²) >= 11 is 7.67. The third kappa shape index (κ3) is 1.69. The summed E-state index contributed by atoms with van der Waals surface area (Å²) in [7, 11) is 0. The fourth-order valence-corrected chi connectivity index (χ4v) is 3.60. The van der Waals surface area contributed by atoms with Crippen LogP contribution >= 0.6 is 22.9 Å². The number of rotatable bonds is 2. The Morgan fingerprint density at radius 3 is 2.75 bits per heavy atom. The van der Waals surface area contributed by atoms with Crippen LogP contribution in [0.2, 0.25) is 4.34 Å². The van der Waals surface area contributed by atoms with Gasteiger partial charge in [0.05, 0.1) is 36.2 Å². The fraction of sp³-hybridized carbons (Fsp3) is 0.636. The van der Waals surface area contributed by atoms with Gasteiger partial charge in [-0.05, 0) is 12.1 Å². The molecule has 1 unspecified atom stereocenters. The number of thiophene rings is 1. The number of hydrogen-bond acceptors (Lipinski definition) is 4. The highest BCUT2D eigenvalue weighted by Gasteiger charge is 2.48. The van der Waals surface area contributed by atoms with Gasteiger partial charge in [0.1, 0.15) is 0 Å². The lowest BCUT2D eigenvalue weighted by Gasteiger charge is -2.48. The summed E-state index contributed by atoms with van der Waals surface area (Å²) in [5.74, 6) is 0. The van der Waals surface area contributed by atoms with Gasteiger partial charge < -0.3 is 14.8 Å². The Morgan fingerprint density at radius 1 is 1.38 bits per heavy atom. The normalized spacial score (nSPS) is 28.7. The van der Waals surface area contributed by atoms with E-state index in [4.69, 9.17) is 21.1 Å². The molecule has 0 radical (unpaired) electrons. The van der Waals surface area contributed by atoms with E-state index in [1.54, 1.807) is 11.3 Å². The van der Waals surface area contributed by atoms with Gasteiger partial charge in [-0.15, -0.1) is 11.3 Å². The van der Waals surface area contributed by atoms with Gasteiger partial charge in [-0.25, -0.2) is 0 Å². The highest BCUT2D eigenvalue weighted by molar-refractivity contribution is 7.16. The van der Waals surface area contributed by atoms with Crippen LogP contribution < -0.4 is 5.32 Å². The zero-order chi connectivity index (χ0) is 11.0. The van der Waals surface area contributed by atoms with Crippen molar-refractivity contribution >= 4 is 22.9 Å². The number of hydrogen-bond donors (Lipinski definition) is 1. The van der Waals surface area contributed by atoms with Crippen molar-refractivity contribution in [1.82, 2.24) is 5.32 Å². The molecule has 1 N–H and O–H groups in total. The minimum absolute atomic E-state index is 0.0816. The van der Waals surface area contributed by atoms with Crippen molar-refractivity contribution in [3.05, 3.63) is 21.3 Å². The molecule has 2 aliphatic rings. The molecule has 3 heterocycles. The van der Waals surface area contributed by atoms with E-state index in [2.05, 4.69) is 11.4 Å². The summed E-state index contributed by atoms with van der Waals surface area (Å²) in [5, 5.41) is 3.53. The third-order valence-corrected chi connectivity index (χ3v) is 4.82. The Morgan fingerprint density at radius 2 is 2.25 bits per heavy atom. The zero-order valence-corrected chi connectivity index (χ0v) is 10.4. The average molecular weight is 260 g/mol. The second kappa shape index (κ2) is 4.27. The monoisotopic (exact) mass is 259 g/mol. The van der Waals surface area contributed by atoms with E-state index >= 15 is 0 Å². The maximum atomic E-state index is 6.01. The lowest BCUT2D eigenvalue weighted by atomic mass is 9.76. The molecule has 0 bridgehead atoms. The Bertz CT molecular complexity index is 372. The first-order chi connectivity index (χ1) is 7.81. The molecular weight excluding hydrogens is 246 g/mol. The quantitative estimate of drug-likeness (QED) is 0.876.